The predicted molar refractivity (Wildman–Crippen MR) is 96.1 cm³/mol. The second-order valence-electron chi connectivity index (χ2n) is 6.59. The molecule has 1 aromatic rings. The summed E-state index contributed by atoms with van der Waals surface area (Å²) in [5, 5.41) is 23.4. The van der Waals surface area contributed by atoms with Gasteiger partial charge >= 0.3 is 5.97 Å². The van der Waals surface area contributed by atoms with Gasteiger partial charge in [-0.25, -0.2) is 4.79 Å². The van der Waals surface area contributed by atoms with Gasteiger partial charge in [0.05, 0.1) is 12.1 Å². The van der Waals surface area contributed by atoms with Crippen LogP contribution in [0, 0.1) is 5.92 Å². The third-order valence-electron chi connectivity index (χ3n) is 3.93. The molecule has 8 nitrogen and oxygen atoms in total. The fraction of sp³-hybridized carbons (Fsp3) is 0.500. The van der Waals surface area contributed by atoms with Crippen LogP contribution in [0.15, 0.2) is 30.3 Å². The number of hydrogen-bond donors (Lipinski definition) is 5. The SMILES string of the molecule is CC(C)[C@H](NC(=O)[C@@H](N)Cc1ccccc1)C(=O)N[C@H](C(=O)O)[C@@H](C)O. The Labute approximate surface area is 152 Å². The summed E-state index contributed by atoms with van der Waals surface area (Å²) in [5.74, 6) is -2.85. The zero-order valence-corrected chi connectivity index (χ0v) is 15.2. The molecule has 4 atom stereocenters. The Morgan fingerprint density at radius 1 is 1.00 bits per heavy atom. The Balaban J connectivity index is 2.75. The van der Waals surface area contributed by atoms with Gasteiger partial charge in [-0.2, -0.15) is 0 Å². The predicted octanol–water partition coefficient (Wildman–Crippen LogP) is -0.353. The summed E-state index contributed by atoms with van der Waals surface area (Å²) < 4.78 is 0. The maximum Gasteiger partial charge on any atom is 0.328 e. The molecule has 26 heavy (non-hydrogen) atoms. The quantitative estimate of drug-likeness (QED) is 0.405. The molecule has 0 aliphatic carbocycles. The highest BCUT2D eigenvalue weighted by Crippen LogP contribution is 2.06. The average molecular weight is 365 g/mol. The molecule has 0 unspecified atom stereocenters. The van der Waals surface area contributed by atoms with Gasteiger partial charge in [0, 0.05) is 0 Å². The van der Waals surface area contributed by atoms with Crippen molar-refractivity contribution in [2.45, 2.75) is 51.4 Å². The maximum atomic E-state index is 12.4. The third kappa shape index (κ3) is 6.45. The Hall–Kier alpha value is -2.45. The van der Waals surface area contributed by atoms with E-state index in [1.165, 1.54) is 6.92 Å². The number of aliphatic hydroxyl groups is 1. The van der Waals surface area contributed by atoms with Gasteiger partial charge in [0.15, 0.2) is 6.04 Å². The minimum absolute atomic E-state index is 0.300. The van der Waals surface area contributed by atoms with Crippen molar-refractivity contribution in [2.75, 3.05) is 0 Å². The van der Waals surface area contributed by atoms with Crippen LogP contribution in [-0.2, 0) is 20.8 Å². The standard InChI is InChI=1S/C18H27N3O5/c1-10(2)14(17(24)21-15(11(3)22)18(25)26)20-16(23)13(19)9-12-7-5-4-6-8-12/h4-8,10-11,13-15,22H,9,19H2,1-3H3,(H,20,23)(H,21,24)(H,25,26)/t11-,13+,14+,15+/m1/s1. The Morgan fingerprint density at radius 3 is 2.00 bits per heavy atom. The van der Waals surface area contributed by atoms with Crippen molar-refractivity contribution in [1.29, 1.82) is 0 Å². The van der Waals surface area contributed by atoms with Crippen molar-refractivity contribution < 1.29 is 24.6 Å². The van der Waals surface area contributed by atoms with E-state index in [1.807, 2.05) is 30.3 Å². The molecule has 0 bridgehead atoms. The molecule has 0 fully saturated rings. The first-order valence-electron chi connectivity index (χ1n) is 8.44. The molecule has 0 radical (unpaired) electrons. The van der Waals surface area contributed by atoms with Crippen LogP contribution in [0.4, 0.5) is 0 Å². The number of carboxylic acids is 1. The highest BCUT2D eigenvalue weighted by molar-refractivity contribution is 5.92. The molecule has 6 N–H and O–H groups in total. The van der Waals surface area contributed by atoms with Crippen molar-refractivity contribution in [3.05, 3.63) is 35.9 Å². The summed E-state index contributed by atoms with van der Waals surface area (Å²) in [6.45, 7) is 4.69. The van der Waals surface area contributed by atoms with E-state index in [-0.39, 0.29) is 5.92 Å². The molecule has 8 heteroatoms. The number of nitrogens with two attached hydrogens (primary N) is 1. The lowest BCUT2D eigenvalue weighted by Gasteiger charge is -2.26. The van der Waals surface area contributed by atoms with E-state index in [2.05, 4.69) is 10.6 Å². The van der Waals surface area contributed by atoms with Crippen LogP contribution in [0.5, 0.6) is 0 Å². The summed E-state index contributed by atoms with van der Waals surface area (Å²) in [6, 6.07) is 5.95. The molecular formula is C18H27N3O5. The zero-order valence-electron chi connectivity index (χ0n) is 15.2. The van der Waals surface area contributed by atoms with Crippen molar-refractivity contribution in [2.24, 2.45) is 11.7 Å². The summed E-state index contributed by atoms with van der Waals surface area (Å²) >= 11 is 0. The third-order valence-corrected chi connectivity index (χ3v) is 3.93. The van der Waals surface area contributed by atoms with Crippen molar-refractivity contribution in [3.8, 4) is 0 Å². The first-order chi connectivity index (χ1) is 12.1. The van der Waals surface area contributed by atoms with Crippen LogP contribution in [-0.4, -0.2) is 52.2 Å². The number of carboxylic acid groups (broad SMARTS) is 1. The number of carbonyl (C=O) groups is 3. The molecule has 1 aromatic carbocycles. The van der Waals surface area contributed by atoms with Crippen LogP contribution < -0.4 is 16.4 Å². The Bertz CT molecular complexity index is 619. The van der Waals surface area contributed by atoms with E-state index in [1.54, 1.807) is 13.8 Å². The van der Waals surface area contributed by atoms with Gasteiger partial charge in [-0.05, 0) is 24.8 Å². The largest absolute Gasteiger partial charge is 0.480 e. The number of rotatable bonds is 9. The smallest absolute Gasteiger partial charge is 0.328 e. The lowest BCUT2D eigenvalue weighted by atomic mass is 10.0. The van der Waals surface area contributed by atoms with E-state index in [0.29, 0.717) is 6.42 Å². The van der Waals surface area contributed by atoms with Crippen LogP contribution in [0.25, 0.3) is 0 Å². The van der Waals surface area contributed by atoms with Crippen LogP contribution >= 0.6 is 0 Å². The second-order valence-corrected chi connectivity index (χ2v) is 6.59. The van der Waals surface area contributed by atoms with Crippen LogP contribution in [0.1, 0.15) is 26.3 Å². The normalized spacial score (nSPS) is 15.6. The van der Waals surface area contributed by atoms with Crippen molar-refractivity contribution in [1.82, 2.24) is 10.6 Å². The summed E-state index contributed by atoms with van der Waals surface area (Å²) in [5.41, 5.74) is 6.81. The molecule has 0 saturated carbocycles. The van der Waals surface area contributed by atoms with E-state index in [4.69, 9.17) is 10.8 Å². The van der Waals surface area contributed by atoms with E-state index in [0.717, 1.165) is 5.56 Å². The summed E-state index contributed by atoms with van der Waals surface area (Å²) in [6.07, 6.45) is -0.967. The molecule has 0 aliphatic heterocycles. The van der Waals surface area contributed by atoms with E-state index >= 15 is 0 Å². The lowest BCUT2D eigenvalue weighted by Crippen LogP contribution is -2.58. The molecule has 0 saturated heterocycles. The molecule has 0 aliphatic rings. The topological polar surface area (TPSA) is 142 Å². The van der Waals surface area contributed by atoms with E-state index < -0.39 is 42.0 Å². The van der Waals surface area contributed by atoms with Gasteiger partial charge in [0.1, 0.15) is 6.04 Å². The number of hydrogen-bond acceptors (Lipinski definition) is 5. The number of aliphatic hydroxyl groups excluding tert-OH is 1. The minimum Gasteiger partial charge on any atom is -0.480 e. The van der Waals surface area contributed by atoms with Gasteiger partial charge < -0.3 is 26.6 Å². The highest BCUT2D eigenvalue weighted by Gasteiger charge is 2.31. The molecule has 0 aromatic heterocycles. The van der Waals surface area contributed by atoms with Gasteiger partial charge in [0.2, 0.25) is 11.8 Å². The molecule has 0 spiro atoms. The molecule has 2 amide bonds. The van der Waals surface area contributed by atoms with E-state index in [9.17, 15) is 19.5 Å². The Morgan fingerprint density at radius 2 is 1.54 bits per heavy atom. The molecule has 1 rings (SSSR count). The summed E-state index contributed by atoms with van der Waals surface area (Å²) in [4.78, 5) is 35.8. The van der Waals surface area contributed by atoms with Crippen LogP contribution in [0.3, 0.4) is 0 Å². The number of carbonyl (C=O) groups excluding carboxylic acids is 2. The van der Waals surface area contributed by atoms with Crippen LogP contribution in [0.2, 0.25) is 0 Å². The number of amides is 2. The van der Waals surface area contributed by atoms with Gasteiger partial charge in [-0.3, -0.25) is 9.59 Å². The fourth-order valence-electron chi connectivity index (χ4n) is 2.39. The van der Waals surface area contributed by atoms with Gasteiger partial charge in [-0.15, -0.1) is 0 Å². The second kappa shape index (κ2) is 9.88. The van der Waals surface area contributed by atoms with Gasteiger partial charge in [0.25, 0.3) is 0 Å². The monoisotopic (exact) mass is 365 g/mol. The maximum absolute atomic E-state index is 12.4. The average Bonchev–Trinajstić information content (AvgIpc) is 2.56. The van der Waals surface area contributed by atoms with Gasteiger partial charge in [-0.1, -0.05) is 44.2 Å². The molecular weight excluding hydrogens is 338 g/mol. The fourth-order valence-corrected chi connectivity index (χ4v) is 2.39. The number of benzene rings is 1. The Kier molecular flexibility index (Phi) is 8.21. The first kappa shape index (κ1) is 21.6. The van der Waals surface area contributed by atoms with Crippen molar-refractivity contribution in [3.63, 3.8) is 0 Å². The summed E-state index contributed by atoms with van der Waals surface area (Å²) in [7, 11) is 0. The molecule has 144 valence electrons. The number of aliphatic carboxylic acids is 1. The highest BCUT2D eigenvalue weighted by atomic mass is 16.4. The lowest BCUT2D eigenvalue weighted by molar-refractivity contribution is -0.145. The van der Waals surface area contributed by atoms with Crippen molar-refractivity contribution >= 4 is 17.8 Å². The molecule has 0 heterocycles. The first-order valence-corrected chi connectivity index (χ1v) is 8.44. The zero-order chi connectivity index (χ0) is 19.9. The number of nitrogens with one attached hydrogen (secondary N) is 2. The minimum atomic E-state index is -1.46.